The molecular weight excluding hydrogens is 258 g/mol. The van der Waals surface area contributed by atoms with E-state index in [0.717, 1.165) is 23.9 Å². The first-order valence-electron chi connectivity index (χ1n) is 6.98. The Morgan fingerprint density at radius 2 is 2.26 bits per heavy atom. The van der Waals surface area contributed by atoms with Crippen LogP contribution in [0.4, 0.5) is 5.69 Å². The summed E-state index contributed by atoms with van der Waals surface area (Å²) in [6.07, 6.45) is 2.17. The maximum absolute atomic E-state index is 6.08. The van der Waals surface area contributed by atoms with E-state index in [1.807, 2.05) is 12.1 Å². The van der Waals surface area contributed by atoms with Crippen molar-refractivity contribution in [2.75, 3.05) is 45.2 Å². The van der Waals surface area contributed by atoms with Crippen LogP contribution in [0.1, 0.15) is 12.0 Å². The van der Waals surface area contributed by atoms with Gasteiger partial charge in [0, 0.05) is 30.8 Å². The minimum absolute atomic E-state index is 0.660. The SMILES string of the molecule is CN1CCC(CN(C)c2ccc(Cl)cc2CCN)C1. The van der Waals surface area contributed by atoms with Crippen LogP contribution in [0.2, 0.25) is 5.02 Å². The quantitative estimate of drug-likeness (QED) is 0.898. The predicted molar refractivity (Wildman–Crippen MR) is 83.1 cm³/mol. The van der Waals surface area contributed by atoms with Crippen LogP contribution in [-0.2, 0) is 6.42 Å². The lowest BCUT2D eigenvalue weighted by Gasteiger charge is -2.25. The lowest BCUT2D eigenvalue weighted by atomic mass is 10.1. The van der Waals surface area contributed by atoms with Crippen molar-refractivity contribution < 1.29 is 0 Å². The van der Waals surface area contributed by atoms with Crippen LogP contribution in [0.5, 0.6) is 0 Å². The summed E-state index contributed by atoms with van der Waals surface area (Å²) in [7, 11) is 4.36. The van der Waals surface area contributed by atoms with Gasteiger partial charge in [0.25, 0.3) is 0 Å². The first-order chi connectivity index (χ1) is 9.10. The lowest BCUT2D eigenvalue weighted by Crippen LogP contribution is -2.28. The summed E-state index contributed by atoms with van der Waals surface area (Å²) in [4.78, 5) is 4.76. The molecule has 1 fully saturated rings. The molecule has 0 radical (unpaired) electrons. The van der Waals surface area contributed by atoms with Gasteiger partial charge in [-0.3, -0.25) is 0 Å². The monoisotopic (exact) mass is 281 g/mol. The average Bonchev–Trinajstić information content (AvgIpc) is 2.75. The van der Waals surface area contributed by atoms with Gasteiger partial charge >= 0.3 is 0 Å². The molecule has 4 heteroatoms. The molecule has 1 aromatic carbocycles. The summed E-state index contributed by atoms with van der Waals surface area (Å²) in [5.74, 6) is 0.761. The fraction of sp³-hybridized carbons (Fsp3) is 0.600. The highest BCUT2D eigenvalue weighted by Gasteiger charge is 2.21. The maximum atomic E-state index is 6.08. The zero-order valence-electron chi connectivity index (χ0n) is 11.9. The summed E-state index contributed by atoms with van der Waals surface area (Å²) in [5, 5.41) is 0.793. The number of anilines is 1. The third-order valence-electron chi connectivity index (χ3n) is 3.89. The Labute approximate surface area is 121 Å². The molecule has 2 N–H and O–H groups in total. The molecule has 1 saturated heterocycles. The number of rotatable bonds is 5. The average molecular weight is 282 g/mol. The summed E-state index contributed by atoms with van der Waals surface area (Å²) in [5.41, 5.74) is 8.21. The Kier molecular flexibility index (Phi) is 5.08. The van der Waals surface area contributed by atoms with E-state index in [1.54, 1.807) is 0 Å². The third-order valence-corrected chi connectivity index (χ3v) is 4.12. The van der Waals surface area contributed by atoms with Crippen LogP contribution in [0, 0.1) is 5.92 Å². The molecule has 1 aromatic rings. The van der Waals surface area contributed by atoms with E-state index >= 15 is 0 Å². The summed E-state index contributed by atoms with van der Waals surface area (Å²) < 4.78 is 0. The third kappa shape index (κ3) is 3.85. The van der Waals surface area contributed by atoms with Gasteiger partial charge in [0.1, 0.15) is 0 Å². The standard InChI is InChI=1S/C15H24ClN3/c1-18-8-6-12(10-18)11-19(2)15-4-3-14(16)9-13(15)5-7-17/h3-4,9,12H,5-8,10-11,17H2,1-2H3. The van der Waals surface area contributed by atoms with Crippen LogP contribution < -0.4 is 10.6 Å². The lowest BCUT2D eigenvalue weighted by molar-refractivity contribution is 0.396. The number of likely N-dealkylation sites (tertiary alicyclic amines) is 1. The highest BCUT2D eigenvalue weighted by molar-refractivity contribution is 6.30. The van der Waals surface area contributed by atoms with Crippen LogP contribution in [0.15, 0.2) is 18.2 Å². The summed E-state index contributed by atoms with van der Waals surface area (Å²) >= 11 is 6.08. The van der Waals surface area contributed by atoms with Crippen LogP contribution in [0.3, 0.4) is 0 Å². The summed E-state index contributed by atoms with van der Waals surface area (Å²) in [6.45, 7) is 4.18. The minimum atomic E-state index is 0.660. The van der Waals surface area contributed by atoms with E-state index < -0.39 is 0 Å². The van der Waals surface area contributed by atoms with Crippen molar-refractivity contribution in [2.45, 2.75) is 12.8 Å². The van der Waals surface area contributed by atoms with Gasteiger partial charge < -0.3 is 15.5 Å². The van der Waals surface area contributed by atoms with Crippen molar-refractivity contribution in [3.8, 4) is 0 Å². The maximum Gasteiger partial charge on any atom is 0.0410 e. The molecule has 0 aromatic heterocycles. The number of nitrogens with zero attached hydrogens (tertiary/aromatic N) is 2. The van der Waals surface area contributed by atoms with Crippen molar-refractivity contribution in [1.82, 2.24) is 4.90 Å². The molecule has 19 heavy (non-hydrogen) atoms. The molecular formula is C15H24ClN3. The van der Waals surface area contributed by atoms with Gasteiger partial charge in [0.15, 0.2) is 0 Å². The highest BCUT2D eigenvalue weighted by Crippen LogP contribution is 2.26. The Hall–Kier alpha value is -0.770. The number of hydrogen-bond acceptors (Lipinski definition) is 3. The van der Waals surface area contributed by atoms with E-state index in [9.17, 15) is 0 Å². The molecule has 1 aliphatic rings. The highest BCUT2D eigenvalue weighted by atomic mass is 35.5. The molecule has 0 bridgehead atoms. The second kappa shape index (κ2) is 6.60. The van der Waals surface area contributed by atoms with E-state index in [2.05, 4.69) is 30.0 Å². The number of nitrogens with two attached hydrogens (primary N) is 1. The predicted octanol–water partition coefficient (Wildman–Crippen LogP) is 2.23. The number of hydrogen-bond donors (Lipinski definition) is 1. The zero-order chi connectivity index (χ0) is 13.8. The minimum Gasteiger partial charge on any atom is -0.374 e. The van der Waals surface area contributed by atoms with E-state index in [1.165, 1.54) is 30.8 Å². The largest absolute Gasteiger partial charge is 0.374 e. The van der Waals surface area contributed by atoms with Crippen LogP contribution in [0.25, 0.3) is 0 Å². The molecule has 1 unspecified atom stereocenters. The topological polar surface area (TPSA) is 32.5 Å². The molecule has 106 valence electrons. The Bertz CT molecular complexity index is 422. The van der Waals surface area contributed by atoms with Gasteiger partial charge in [-0.1, -0.05) is 11.6 Å². The molecule has 1 aliphatic heterocycles. The zero-order valence-corrected chi connectivity index (χ0v) is 12.7. The molecule has 0 spiro atoms. The van der Waals surface area contributed by atoms with Crippen LogP contribution in [-0.4, -0.2) is 45.2 Å². The Morgan fingerprint density at radius 1 is 1.47 bits per heavy atom. The fourth-order valence-electron chi connectivity index (χ4n) is 2.94. The van der Waals surface area contributed by atoms with Gasteiger partial charge in [-0.15, -0.1) is 0 Å². The van der Waals surface area contributed by atoms with E-state index in [4.69, 9.17) is 17.3 Å². The molecule has 0 aliphatic carbocycles. The fourth-order valence-corrected chi connectivity index (χ4v) is 3.14. The molecule has 2 rings (SSSR count). The molecule has 1 atom stereocenters. The second-order valence-electron chi connectivity index (χ2n) is 5.61. The second-order valence-corrected chi connectivity index (χ2v) is 6.05. The van der Waals surface area contributed by atoms with Crippen molar-refractivity contribution in [1.29, 1.82) is 0 Å². The van der Waals surface area contributed by atoms with Gasteiger partial charge in [-0.05, 0) is 62.7 Å². The van der Waals surface area contributed by atoms with Crippen LogP contribution >= 0.6 is 11.6 Å². The van der Waals surface area contributed by atoms with Gasteiger partial charge in [0.2, 0.25) is 0 Å². The smallest absolute Gasteiger partial charge is 0.0410 e. The van der Waals surface area contributed by atoms with Crippen molar-refractivity contribution in [3.63, 3.8) is 0 Å². The Balaban J connectivity index is 2.07. The van der Waals surface area contributed by atoms with E-state index in [0.29, 0.717) is 6.54 Å². The molecule has 3 nitrogen and oxygen atoms in total. The first kappa shape index (κ1) is 14.6. The Morgan fingerprint density at radius 3 is 2.89 bits per heavy atom. The van der Waals surface area contributed by atoms with Crippen molar-refractivity contribution in [2.24, 2.45) is 11.7 Å². The number of halogens is 1. The van der Waals surface area contributed by atoms with Gasteiger partial charge in [0.05, 0.1) is 0 Å². The number of benzene rings is 1. The van der Waals surface area contributed by atoms with Crippen molar-refractivity contribution in [3.05, 3.63) is 28.8 Å². The molecule has 1 heterocycles. The van der Waals surface area contributed by atoms with Gasteiger partial charge in [-0.25, -0.2) is 0 Å². The van der Waals surface area contributed by atoms with Gasteiger partial charge in [-0.2, -0.15) is 0 Å². The van der Waals surface area contributed by atoms with Crippen molar-refractivity contribution >= 4 is 17.3 Å². The normalized spacial score (nSPS) is 19.9. The first-order valence-corrected chi connectivity index (χ1v) is 7.36. The van der Waals surface area contributed by atoms with E-state index in [-0.39, 0.29) is 0 Å². The molecule has 0 amide bonds. The summed E-state index contributed by atoms with van der Waals surface area (Å²) in [6, 6.07) is 6.13. The molecule has 0 saturated carbocycles.